The number of hydrogen-bond donors (Lipinski definition) is 1. The van der Waals surface area contributed by atoms with E-state index < -0.39 is 0 Å². The molecule has 0 unspecified atom stereocenters. The summed E-state index contributed by atoms with van der Waals surface area (Å²) in [6.07, 6.45) is 0. The van der Waals surface area contributed by atoms with E-state index >= 15 is 0 Å². The van der Waals surface area contributed by atoms with Crippen molar-refractivity contribution in [2.75, 3.05) is 6.61 Å². The fraction of sp³-hybridized carbons (Fsp3) is 0.263. The van der Waals surface area contributed by atoms with E-state index in [2.05, 4.69) is 52.4 Å². The van der Waals surface area contributed by atoms with Crippen molar-refractivity contribution in [1.29, 1.82) is 0 Å². The molecule has 0 saturated heterocycles. The highest BCUT2D eigenvalue weighted by atomic mass is 79.9. The lowest BCUT2D eigenvalue weighted by atomic mass is 10.0. The molecule has 2 rings (SSSR count). The van der Waals surface area contributed by atoms with Gasteiger partial charge >= 0.3 is 0 Å². The van der Waals surface area contributed by atoms with Crippen molar-refractivity contribution in [3.63, 3.8) is 0 Å². The predicted molar refractivity (Wildman–Crippen MR) is 106 cm³/mol. The normalized spacial score (nSPS) is 11.5. The first-order chi connectivity index (χ1) is 11.9. The molecule has 6 heteroatoms. The van der Waals surface area contributed by atoms with Crippen LogP contribution in [0.2, 0.25) is 5.02 Å². The Morgan fingerprint density at radius 3 is 2.52 bits per heavy atom. The molecule has 0 bridgehead atoms. The number of hydrazone groups is 1. The van der Waals surface area contributed by atoms with E-state index in [0.29, 0.717) is 21.2 Å². The van der Waals surface area contributed by atoms with Crippen LogP contribution in [0.1, 0.15) is 37.8 Å². The highest BCUT2D eigenvalue weighted by Gasteiger charge is 2.06. The summed E-state index contributed by atoms with van der Waals surface area (Å²) in [7, 11) is 0. The maximum Gasteiger partial charge on any atom is 0.277 e. The number of rotatable bonds is 6. The first-order valence-corrected chi connectivity index (χ1v) is 9.05. The molecule has 0 spiro atoms. The highest BCUT2D eigenvalue weighted by molar-refractivity contribution is 9.10. The molecule has 0 aliphatic carbocycles. The van der Waals surface area contributed by atoms with E-state index in [9.17, 15) is 4.79 Å². The summed E-state index contributed by atoms with van der Waals surface area (Å²) in [5.74, 6) is 0.694. The van der Waals surface area contributed by atoms with Crippen LogP contribution in [0.5, 0.6) is 5.75 Å². The second-order valence-electron chi connectivity index (χ2n) is 5.87. The number of hydrogen-bond acceptors (Lipinski definition) is 3. The molecule has 0 aliphatic heterocycles. The fourth-order valence-electron chi connectivity index (χ4n) is 2.09. The Morgan fingerprint density at radius 2 is 1.92 bits per heavy atom. The minimum Gasteiger partial charge on any atom is -0.483 e. The highest BCUT2D eigenvalue weighted by Crippen LogP contribution is 2.27. The lowest BCUT2D eigenvalue weighted by Crippen LogP contribution is -2.25. The van der Waals surface area contributed by atoms with Crippen molar-refractivity contribution in [3.05, 3.63) is 63.1 Å². The van der Waals surface area contributed by atoms with Gasteiger partial charge in [0.25, 0.3) is 5.91 Å². The van der Waals surface area contributed by atoms with Gasteiger partial charge in [-0.3, -0.25) is 4.79 Å². The van der Waals surface area contributed by atoms with E-state index in [4.69, 9.17) is 16.3 Å². The number of halogens is 2. The van der Waals surface area contributed by atoms with Crippen LogP contribution in [-0.4, -0.2) is 18.2 Å². The number of benzene rings is 2. The summed E-state index contributed by atoms with van der Waals surface area (Å²) < 4.78 is 6.14. The zero-order valence-corrected chi connectivity index (χ0v) is 16.7. The number of nitrogens with one attached hydrogen (secondary N) is 1. The van der Waals surface area contributed by atoms with E-state index in [1.54, 1.807) is 18.2 Å². The zero-order valence-electron chi connectivity index (χ0n) is 14.3. The molecule has 2 aromatic rings. The third-order valence-electron chi connectivity index (χ3n) is 3.60. The maximum absolute atomic E-state index is 11.9. The molecular formula is C19H20BrClN2O2. The van der Waals surface area contributed by atoms with Gasteiger partial charge in [0.2, 0.25) is 0 Å². The van der Waals surface area contributed by atoms with Crippen molar-refractivity contribution >= 4 is 39.1 Å². The second kappa shape index (κ2) is 9.02. The lowest BCUT2D eigenvalue weighted by Gasteiger charge is -2.08. The van der Waals surface area contributed by atoms with Gasteiger partial charge in [-0.1, -0.05) is 49.7 Å². The molecule has 132 valence electrons. The molecule has 0 fully saturated rings. The van der Waals surface area contributed by atoms with Crippen LogP contribution in [0.4, 0.5) is 0 Å². The van der Waals surface area contributed by atoms with Crippen molar-refractivity contribution in [1.82, 2.24) is 5.43 Å². The molecule has 0 saturated carbocycles. The number of carbonyl (C=O) groups is 1. The first kappa shape index (κ1) is 19.5. The van der Waals surface area contributed by atoms with Crippen LogP contribution in [0.25, 0.3) is 0 Å². The fourth-order valence-corrected chi connectivity index (χ4v) is 2.88. The Morgan fingerprint density at radius 1 is 1.24 bits per heavy atom. The Bertz CT molecular complexity index is 773. The number of carbonyl (C=O) groups excluding carboxylic acids is 1. The molecule has 1 N–H and O–H groups in total. The number of amides is 1. The molecule has 4 nitrogen and oxygen atoms in total. The van der Waals surface area contributed by atoms with Gasteiger partial charge in [0.1, 0.15) is 5.75 Å². The Kier molecular flexibility index (Phi) is 7.02. The average molecular weight is 424 g/mol. The summed E-state index contributed by atoms with van der Waals surface area (Å²) >= 11 is 9.20. The summed E-state index contributed by atoms with van der Waals surface area (Å²) in [6, 6.07) is 13.2. The van der Waals surface area contributed by atoms with Crippen LogP contribution >= 0.6 is 27.5 Å². The lowest BCUT2D eigenvalue weighted by molar-refractivity contribution is -0.123. The summed E-state index contributed by atoms with van der Waals surface area (Å²) in [5, 5.41) is 4.71. The van der Waals surface area contributed by atoms with Crippen LogP contribution < -0.4 is 10.2 Å². The third kappa shape index (κ3) is 5.87. The van der Waals surface area contributed by atoms with Gasteiger partial charge in [-0.15, -0.1) is 0 Å². The van der Waals surface area contributed by atoms with Gasteiger partial charge in [-0.25, -0.2) is 5.43 Å². The van der Waals surface area contributed by atoms with Gasteiger partial charge in [0, 0.05) is 5.02 Å². The van der Waals surface area contributed by atoms with Crippen molar-refractivity contribution in [2.45, 2.75) is 26.7 Å². The van der Waals surface area contributed by atoms with Gasteiger partial charge in [0.05, 0.1) is 10.2 Å². The van der Waals surface area contributed by atoms with Crippen LogP contribution in [0, 0.1) is 0 Å². The standard InChI is InChI=1S/C19H20BrClN2O2/c1-12(2)14-4-6-15(7-5-14)13(3)22-23-19(24)11-25-18-9-8-16(21)10-17(18)20/h4-10,12H,11H2,1-3H3,(H,23,24)/b22-13+. The molecule has 1 amide bonds. The smallest absolute Gasteiger partial charge is 0.277 e. The van der Waals surface area contributed by atoms with Crippen molar-refractivity contribution < 1.29 is 9.53 Å². The van der Waals surface area contributed by atoms with Crippen molar-refractivity contribution in [2.24, 2.45) is 5.10 Å². The maximum atomic E-state index is 11.9. The molecule has 0 heterocycles. The largest absolute Gasteiger partial charge is 0.483 e. The average Bonchev–Trinajstić information content (AvgIpc) is 2.59. The van der Waals surface area contributed by atoms with E-state index in [1.807, 2.05) is 19.1 Å². The van der Waals surface area contributed by atoms with Crippen LogP contribution in [0.3, 0.4) is 0 Å². The van der Waals surface area contributed by atoms with E-state index in [0.717, 1.165) is 11.3 Å². The van der Waals surface area contributed by atoms with Crippen molar-refractivity contribution in [3.8, 4) is 5.75 Å². The number of ether oxygens (including phenoxy) is 1. The Balaban J connectivity index is 1.90. The van der Waals surface area contributed by atoms with Crippen LogP contribution in [0.15, 0.2) is 52.0 Å². The van der Waals surface area contributed by atoms with E-state index in [-0.39, 0.29) is 12.5 Å². The monoisotopic (exact) mass is 422 g/mol. The second-order valence-corrected chi connectivity index (χ2v) is 7.16. The SMILES string of the molecule is C/C(=N\NC(=O)COc1ccc(Cl)cc1Br)c1ccc(C(C)C)cc1. The molecule has 0 radical (unpaired) electrons. The quantitative estimate of drug-likeness (QED) is 0.516. The molecule has 25 heavy (non-hydrogen) atoms. The minimum atomic E-state index is -0.333. The van der Waals surface area contributed by atoms with Crippen LogP contribution in [-0.2, 0) is 4.79 Å². The van der Waals surface area contributed by atoms with Gasteiger partial charge in [-0.05, 0) is 58.1 Å². The topological polar surface area (TPSA) is 50.7 Å². The minimum absolute atomic E-state index is 0.136. The Labute approximate surface area is 161 Å². The molecule has 0 aromatic heterocycles. The summed E-state index contributed by atoms with van der Waals surface area (Å²) in [5.41, 5.74) is 5.46. The molecule has 2 aromatic carbocycles. The zero-order chi connectivity index (χ0) is 18.4. The molecule has 0 atom stereocenters. The summed E-state index contributed by atoms with van der Waals surface area (Å²) in [4.78, 5) is 11.9. The summed E-state index contributed by atoms with van der Waals surface area (Å²) in [6.45, 7) is 6.01. The third-order valence-corrected chi connectivity index (χ3v) is 4.45. The first-order valence-electron chi connectivity index (χ1n) is 7.88. The Hall–Kier alpha value is -1.85. The van der Waals surface area contributed by atoms with E-state index in [1.165, 1.54) is 5.56 Å². The molecular weight excluding hydrogens is 404 g/mol. The van der Waals surface area contributed by atoms with Gasteiger partial charge in [-0.2, -0.15) is 5.10 Å². The van der Waals surface area contributed by atoms with Gasteiger partial charge in [0.15, 0.2) is 6.61 Å². The number of nitrogens with zero attached hydrogens (tertiary/aromatic N) is 1. The molecule has 0 aliphatic rings. The van der Waals surface area contributed by atoms with Gasteiger partial charge < -0.3 is 4.74 Å². The predicted octanol–water partition coefficient (Wildman–Crippen LogP) is 5.15.